The van der Waals surface area contributed by atoms with E-state index < -0.39 is 0 Å². The molecule has 1 aromatic carbocycles. The second kappa shape index (κ2) is 9.05. The molecule has 2 rings (SSSR count). The molecule has 2 atom stereocenters. The van der Waals surface area contributed by atoms with Crippen molar-refractivity contribution >= 4 is 17.8 Å². The number of rotatable bonds is 5. The van der Waals surface area contributed by atoms with E-state index in [2.05, 4.69) is 20.9 Å². The third-order valence-corrected chi connectivity index (χ3v) is 4.13. The summed E-state index contributed by atoms with van der Waals surface area (Å²) in [7, 11) is 3.42. The Hall–Kier alpha value is -2.57. The molecule has 0 radical (unpaired) electrons. The van der Waals surface area contributed by atoms with E-state index in [1.165, 1.54) is 4.90 Å². The van der Waals surface area contributed by atoms with E-state index in [4.69, 9.17) is 0 Å². The van der Waals surface area contributed by atoms with Crippen molar-refractivity contribution in [3.8, 4) is 0 Å². The minimum absolute atomic E-state index is 0.0417. The molecule has 0 saturated carbocycles. The van der Waals surface area contributed by atoms with Gasteiger partial charge in [-0.2, -0.15) is 0 Å². The van der Waals surface area contributed by atoms with Crippen LogP contribution in [0.1, 0.15) is 31.4 Å². The number of carbonyl (C=O) groups is 2. The fourth-order valence-electron chi connectivity index (χ4n) is 2.50. The monoisotopic (exact) mass is 345 g/mol. The summed E-state index contributed by atoms with van der Waals surface area (Å²) in [5, 5.41) is 9.51. The molecule has 0 aliphatic carbocycles. The molecular formula is C18H27N5O2. The molecule has 0 spiro atoms. The molecule has 0 bridgehead atoms. The fourth-order valence-corrected chi connectivity index (χ4v) is 2.50. The van der Waals surface area contributed by atoms with Gasteiger partial charge in [-0.15, -0.1) is 0 Å². The number of piperidine rings is 1. The van der Waals surface area contributed by atoms with Crippen LogP contribution in [0.5, 0.6) is 0 Å². The topological polar surface area (TPSA) is 85.8 Å². The van der Waals surface area contributed by atoms with Crippen molar-refractivity contribution in [3.63, 3.8) is 0 Å². The Morgan fingerprint density at radius 2 is 2.08 bits per heavy atom. The number of hydrogen-bond donors (Lipinski definition) is 3. The first kappa shape index (κ1) is 18.8. The molecule has 1 aliphatic rings. The number of carbonyl (C=O) groups excluding carboxylic acids is 2. The van der Waals surface area contributed by atoms with Gasteiger partial charge in [0.25, 0.3) is 0 Å². The van der Waals surface area contributed by atoms with E-state index in [1.54, 1.807) is 14.1 Å². The van der Waals surface area contributed by atoms with Crippen LogP contribution in [0, 0.1) is 0 Å². The number of guanidine groups is 1. The van der Waals surface area contributed by atoms with Crippen molar-refractivity contribution in [2.45, 2.75) is 31.8 Å². The van der Waals surface area contributed by atoms with Gasteiger partial charge in [0.1, 0.15) is 6.54 Å². The molecular weight excluding hydrogens is 318 g/mol. The Balaban J connectivity index is 2.04. The zero-order chi connectivity index (χ0) is 18.2. The van der Waals surface area contributed by atoms with Gasteiger partial charge in [-0.25, -0.2) is 4.99 Å². The highest BCUT2D eigenvalue weighted by molar-refractivity contribution is 5.85. The largest absolute Gasteiger partial charge is 0.354 e. The van der Waals surface area contributed by atoms with Crippen molar-refractivity contribution < 1.29 is 9.59 Å². The Morgan fingerprint density at radius 3 is 2.68 bits per heavy atom. The molecule has 3 N–H and O–H groups in total. The maximum atomic E-state index is 11.8. The van der Waals surface area contributed by atoms with Crippen LogP contribution in [0.2, 0.25) is 0 Å². The van der Waals surface area contributed by atoms with Gasteiger partial charge in [-0.05, 0) is 18.9 Å². The molecule has 7 heteroatoms. The standard InChI is InChI=1S/C18H27N5O2/c1-13(14-7-5-4-6-8-14)21-18(20-12-17(25)23(2)3)22-15-9-10-16(24)19-11-15/h4-8,13,15H,9-12H2,1-3H3,(H,19,24)(H2,20,21,22). The second-order valence-corrected chi connectivity index (χ2v) is 6.41. The van der Waals surface area contributed by atoms with Crippen molar-refractivity contribution in [3.05, 3.63) is 35.9 Å². The first-order valence-electron chi connectivity index (χ1n) is 8.55. The number of likely N-dealkylation sites (N-methyl/N-ethyl adjacent to an activating group) is 1. The normalized spacial score (nSPS) is 18.9. The smallest absolute Gasteiger partial charge is 0.243 e. The van der Waals surface area contributed by atoms with Gasteiger partial charge in [0.2, 0.25) is 11.8 Å². The molecule has 2 amide bonds. The summed E-state index contributed by atoms with van der Waals surface area (Å²) >= 11 is 0. The number of benzene rings is 1. The SMILES string of the molecule is CC(NC(=NCC(=O)N(C)C)NC1CCC(=O)NC1)c1ccccc1. The quantitative estimate of drug-likeness (QED) is 0.540. The molecule has 1 heterocycles. The lowest BCUT2D eigenvalue weighted by molar-refractivity contribution is -0.127. The van der Waals surface area contributed by atoms with E-state index in [0.29, 0.717) is 18.9 Å². The maximum Gasteiger partial charge on any atom is 0.243 e. The fraction of sp³-hybridized carbons (Fsp3) is 0.500. The third-order valence-electron chi connectivity index (χ3n) is 4.13. The summed E-state index contributed by atoms with van der Waals surface area (Å²) in [6.07, 6.45) is 1.24. The molecule has 0 aromatic heterocycles. The number of amides is 2. The molecule has 136 valence electrons. The average molecular weight is 345 g/mol. The Labute approximate surface area is 148 Å². The number of nitrogens with one attached hydrogen (secondary N) is 3. The third kappa shape index (κ3) is 6.10. The highest BCUT2D eigenvalue weighted by atomic mass is 16.2. The van der Waals surface area contributed by atoms with E-state index in [1.807, 2.05) is 37.3 Å². The molecule has 1 aliphatic heterocycles. The van der Waals surface area contributed by atoms with Crippen LogP contribution >= 0.6 is 0 Å². The van der Waals surface area contributed by atoms with Crippen LogP contribution < -0.4 is 16.0 Å². The number of hydrogen-bond acceptors (Lipinski definition) is 3. The molecule has 1 saturated heterocycles. The maximum absolute atomic E-state index is 11.8. The van der Waals surface area contributed by atoms with Crippen LogP contribution in [0.25, 0.3) is 0 Å². The number of nitrogens with zero attached hydrogens (tertiary/aromatic N) is 2. The Bertz CT molecular complexity index is 605. The van der Waals surface area contributed by atoms with Crippen LogP contribution in [-0.4, -0.2) is 55.9 Å². The zero-order valence-corrected chi connectivity index (χ0v) is 15.1. The Kier molecular flexibility index (Phi) is 6.80. The minimum Gasteiger partial charge on any atom is -0.354 e. The summed E-state index contributed by atoms with van der Waals surface area (Å²) in [5.74, 6) is 0.586. The van der Waals surface area contributed by atoms with Crippen LogP contribution in [-0.2, 0) is 9.59 Å². The lowest BCUT2D eigenvalue weighted by Crippen LogP contribution is -2.51. The summed E-state index contributed by atoms with van der Waals surface area (Å²) in [5.41, 5.74) is 1.13. The first-order chi connectivity index (χ1) is 12.0. The van der Waals surface area contributed by atoms with E-state index >= 15 is 0 Å². The molecule has 1 fully saturated rings. The van der Waals surface area contributed by atoms with Crippen molar-refractivity contribution in [1.82, 2.24) is 20.9 Å². The van der Waals surface area contributed by atoms with Crippen LogP contribution in [0.3, 0.4) is 0 Å². The molecule has 1 aromatic rings. The van der Waals surface area contributed by atoms with Gasteiger partial charge in [0, 0.05) is 33.1 Å². The summed E-state index contributed by atoms with van der Waals surface area (Å²) in [6, 6.07) is 10.2. The van der Waals surface area contributed by atoms with E-state index in [-0.39, 0.29) is 30.4 Å². The summed E-state index contributed by atoms with van der Waals surface area (Å²) in [4.78, 5) is 29.1. The van der Waals surface area contributed by atoms with E-state index in [9.17, 15) is 9.59 Å². The van der Waals surface area contributed by atoms with Gasteiger partial charge in [0.15, 0.2) is 5.96 Å². The summed E-state index contributed by atoms with van der Waals surface area (Å²) in [6.45, 7) is 2.67. The van der Waals surface area contributed by atoms with Crippen molar-refractivity contribution in [1.29, 1.82) is 0 Å². The van der Waals surface area contributed by atoms with Crippen LogP contribution in [0.4, 0.5) is 0 Å². The van der Waals surface area contributed by atoms with Gasteiger partial charge < -0.3 is 20.9 Å². The van der Waals surface area contributed by atoms with Gasteiger partial charge in [0.05, 0.1) is 6.04 Å². The van der Waals surface area contributed by atoms with Gasteiger partial charge in [-0.3, -0.25) is 9.59 Å². The zero-order valence-electron chi connectivity index (χ0n) is 15.1. The highest BCUT2D eigenvalue weighted by Crippen LogP contribution is 2.11. The van der Waals surface area contributed by atoms with Crippen molar-refractivity contribution in [2.24, 2.45) is 4.99 Å². The van der Waals surface area contributed by atoms with Crippen molar-refractivity contribution in [2.75, 3.05) is 27.2 Å². The van der Waals surface area contributed by atoms with Gasteiger partial charge in [-0.1, -0.05) is 30.3 Å². The number of aliphatic imine (C=N–C) groups is 1. The Morgan fingerprint density at radius 1 is 1.36 bits per heavy atom. The predicted molar refractivity (Wildman–Crippen MR) is 98.2 cm³/mol. The minimum atomic E-state index is -0.0644. The summed E-state index contributed by atoms with van der Waals surface area (Å²) < 4.78 is 0. The molecule has 7 nitrogen and oxygen atoms in total. The second-order valence-electron chi connectivity index (χ2n) is 6.41. The lowest BCUT2D eigenvalue weighted by Gasteiger charge is -2.27. The first-order valence-corrected chi connectivity index (χ1v) is 8.55. The van der Waals surface area contributed by atoms with E-state index in [0.717, 1.165) is 12.0 Å². The molecule has 25 heavy (non-hydrogen) atoms. The molecule has 2 unspecified atom stereocenters. The predicted octanol–water partition coefficient (Wildman–Crippen LogP) is 0.650. The highest BCUT2D eigenvalue weighted by Gasteiger charge is 2.20. The van der Waals surface area contributed by atoms with Gasteiger partial charge >= 0.3 is 0 Å². The average Bonchev–Trinajstić information content (AvgIpc) is 2.61. The van der Waals surface area contributed by atoms with Crippen LogP contribution in [0.15, 0.2) is 35.3 Å². The lowest BCUT2D eigenvalue weighted by atomic mass is 10.1.